The minimum Gasteiger partial charge on any atom is -0.309 e. The Kier molecular flexibility index (Phi) is 7.95. The van der Waals surface area contributed by atoms with Crippen molar-refractivity contribution in [2.75, 3.05) is 0 Å². The molecule has 2 aliphatic carbocycles. The van der Waals surface area contributed by atoms with Crippen LogP contribution in [0, 0.1) is 0 Å². The van der Waals surface area contributed by atoms with Crippen molar-refractivity contribution in [3.8, 4) is 61.3 Å². The van der Waals surface area contributed by atoms with Gasteiger partial charge in [-0.15, -0.1) is 0 Å². The molecule has 2 aliphatic rings. The molecule has 0 unspecified atom stereocenters. The Morgan fingerprint density at radius 1 is 0.286 bits per heavy atom. The maximum atomic E-state index is 2.50. The predicted molar refractivity (Wildman–Crippen MR) is 263 cm³/mol. The van der Waals surface area contributed by atoms with Gasteiger partial charge in [0.25, 0.3) is 0 Å². The third kappa shape index (κ3) is 5.43. The third-order valence-electron chi connectivity index (χ3n) is 13.9. The first kappa shape index (κ1) is 35.7. The van der Waals surface area contributed by atoms with E-state index in [9.17, 15) is 0 Å². The van der Waals surface area contributed by atoms with Crippen LogP contribution in [-0.4, -0.2) is 4.57 Å². The van der Waals surface area contributed by atoms with E-state index in [2.05, 4.69) is 241 Å². The summed E-state index contributed by atoms with van der Waals surface area (Å²) >= 11 is 0. The molecular formula is C62H41N. The van der Waals surface area contributed by atoms with Gasteiger partial charge in [-0.3, -0.25) is 0 Å². The fourth-order valence-corrected chi connectivity index (χ4v) is 11.0. The van der Waals surface area contributed by atoms with Crippen LogP contribution in [-0.2, 0) is 11.8 Å². The molecule has 0 amide bonds. The van der Waals surface area contributed by atoms with E-state index in [1.165, 1.54) is 117 Å². The normalized spacial score (nSPS) is 13.0. The zero-order chi connectivity index (χ0) is 41.5. The van der Waals surface area contributed by atoms with Gasteiger partial charge < -0.3 is 4.57 Å². The molecule has 1 heteroatoms. The molecule has 1 spiro atoms. The van der Waals surface area contributed by atoms with Gasteiger partial charge in [-0.05, 0) is 126 Å². The van der Waals surface area contributed by atoms with Crippen molar-refractivity contribution < 1.29 is 0 Å². The summed E-state index contributed by atoms with van der Waals surface area (Å²) in [5.74, 6) is 0. The molecule has 13 rings (SSSR count). The second kappa shape index (κ2) is 14.0. The average molecular weight is 800 g/mol. The number of aromatic nitrogens is 1. The predicted octanol–water partition coefficient (Wildman–Crippen LogP) is 15.7. The van der Waals surface area contributed by atoms with Gasteiger partial charge in [-0.25, -0.2) is 0 Å². The number of benzene rings is 10. The van der Waals surface area contributed by atoms with E-state index in [0.29, 0.717) is 0 Å². The number of hydrogen-bond acceptors (Lipinski definition) is 0. The minimum absolute atomic E-state index is 0.311. The Labute approximate surface area is 367 Å². The zero-order valence-electron chi connectivity index (χ0n) is 34.7. The molecular weight excluding hydrogens is 759 g/mol. The number of fused-ring (bicyclic) bond motifs is 13. The van der Waals surface area contributed by atoms with E-state index < -0.39 is 0 Å². The van der Waals surface area contributed by atoms with Gasteiger partial charge in [0.2, 0.25) is 0 Å². The highest BCUT2D eigenvalue weighted by Gasteiger charge is 2.51. The number of hydrogen-bond donors (Lipinski definition) is 0. The molecule has 0 saturated heterocycles. The van der Waals surface area contributed by atoms with Crippen molar-refractivity contribution in [3.63, 3.8) is 0 Å². The fraction of sp³-hybridized carbons (Fsp3) is 0.0323. The average Bonchev–Trinajstić information content (AvgIpc) is 3.96. The first-order valence-electron chi connectivity index (χ1n) is 22.0. The van der Waals surface area contributed by atoms with Crippen molar-refractivity contribution >= 4 is 21.8 Å². The largest absolute Gasteiger partial charge is 0.309 e. The zero-order valence-corrected chi connectivity index (χ0v) is 34.7. The van der Waals surface area contributed by atoms with Crippen LogP contribution < -0.4 is 0 Å². The van der Waals surface area contributed by atoms with Gasteiger partial charge in [0, 0.05) is 16.5 Å². The summed E-state index contributed by atoms with van der Waals surface area (Å²) in [6.45, 7) is 0. The van der Waals surface area contributed by atoms with Crippen LogP contribution in [0.3, 0.4) is 0 Å². The molecule has 10 aromatic carbocycles. The van der Waals surface area contributed by atoms with E-state index in [1.807, 2.05) is 0 Å². The molecule has 0 fully saturated rings. The molecule has 294 valence electrons. The molecule has 0 bridgehead atoms. The molecule has 0 saturated carbocycles. The minimum atomic E-state index is -0.311. The monoisotopic (exact) mass is 799 g/mol. The van der Waals surface area contributed by atoms with Gasteiger partial charge in [0.1, 0.15) is 0 Å². The Hall–Kier alpha value is -8.00. The van der Waals surface area contributed by atoms with Crippen LogP contribution in [0.2, 0.25) is 0 Å². The van der Waals surface area contributed by atoms with Crippen LogP contribution in [0.1, 0.15) is 33.4 Å². The van der Waals surface area contributed by atoms with Gasteiger partial charge in [0.15, 0.2) is 0 Å². The summed E-state index contributed by atoms with van der Waals surface area (Å²) in [6.07, 6.45) is 0.878. The van der Waals surface area contributed by atoms with Gasteiger partial charge >= 0.3 is 0 Å². The van der Waals surface area contributed by atoms with Crippen molar-refractivity contribution in [2.45, 2.75) is 11.8 Å². The van der Waals surface area contributed by atoms with Gasteiger partial charge in [-0.2, -0.15) is 0 Å². The molecule has 63 heavy (non-hydrogen) atoms. The molecule has 1 aromatic heterocycles. The lowest BCUT2D eigenvalue weighted by Crippen LogP contribution is -2.26. The van der Waals surface area contributed by atoms with Crippen LogP contribution in [0.4, 0.5) is 0 Å². The van der Waals surface area contributed by atoms with Gasteiger partial charge in [-0.1, -0.05) is 206 Å². The summed E-state index contributed by atoms with van der Waals surface area (Å²) in [6, 6.07) is 87.7. The second-order valence-electron chi connectivity index (χ2n) is 17.2. The molecule has 0 N–H and O–H groups in total. The SMILES string of the molecule is c1ccc(-n2c3ccccc3c3cc(-c4ccc(-c5ccc(-c6ccc(Cc7ccc8c(c7)C7(c9ccccc9-c9ccccc97)c7ccccc7-8)cc6)cc5)cc4)ccc32)cc1. The van der Waals surface area contributed by atoms with Crippen molar-refractivity contribution in [1.82, 2.24) is 4.57 Å². The fourth-order valence-electron chi connectivity index (χ4n) is 11.0. The van der Waals surface area contributed by atoms with E-state index in [0.717, 1.165) is 6.42 Å². The van der Waals surface area contributed by atoms with Crippen LogP contribution in [0.5, 0.6) is 0 Å². The Bertz CT molecular complexity index is 3490. The highest BCUT2D eigenvalue weighted by atomic mass is 15.0. The first-order valence-corrected chi connectivity index (χ1v) is 22.0. The van der Waals surface area contributed by atoms with E-state index >= 15 is 0 Å². The topological polar surface area (TPSA) is 4.93 Å². The smallest absolute Gasteiger partial charge is 0.0725 e. The van der Waals surface area contributed by atoms with Crippen LogP contribution in [0.15, 0.2) is 237 Å². The maximum absolute atomic E-state index is 2.50. The van der Waals surface area contributed by atoms with Crippen molar-refractivity contribution in [2.24, 2.45) is 0 Å². The molecule has 0 atom stereocenters. The summed E-state index contributed by atoms with van der Waals surface area (Å²) in [5.41, 5.74) is 24.2. The highest BCUT2D eigenvalue weighted by molar-refractivity contribution is 6.10. The summed E-state index contributed by atoms with van der Waals surface area (Å²) < 4.78 is 2.37. The number of rotatable bonds is 6. The lowest BCUT2D eigenvalue weighted by Gasteiger charge is -2.30. The summed E-state index contributed by atoms with van der Waals surface area (Å²) in [7, 11) is 0. The standard InChI is InChI=1S/C62H41N/c1-2-12-49(13-3-1)63-60-21-11-7-17-54(60)55-40-48(35-37-61(55)63)47-33-31-46(32-34-47)45-29-27-44(28-30-45)43-25-22-41(23-26-43)38-42-24-36-53-52-16-6-10-20-58(52)62(59(53)39-42)56-18-8-4-14-50(56)51-15-5-9-19-57(51)62/h1-37,39-40H,38H2. The van der Waals surface area contributed by atoms with Crippen LogP contribution in [0.25, 0.3) is 83.1 Å². The lowest BCUT2D eigenvalue weighted by atomic mass is 9.70. The quantitative estimate of drug-likeness (QED) is 0.158. The molecule has 1 nitrogen and oxygen atoms in total. The summed E-state index contributed by atoms with van der Waals surface area (Å²) in [4.78, 5) is 0. The van der Waals surface area contributed by atoms with E-state index in [-0.39, 0.29) is 5.41 Å². The second-order valence-corrected chi connectivity index (χ2v) is 17.2. The lowest BCUT2D eigenvalue weighted by molar-refractivity contribution is 0.792. The molecule has 11 aromatic rings. The molecule has 0 radical (unpaired) electrons. The van der Waals surface area contributed by atoms with Crippen molar-refractivity contribution in [1.29, 1.82) is 0 Å². The first-order chi connectivity index (χ1) is 31.2. The van der Waals surface area contributed by atoms with E-state index in [4.69, 9.17) is 0 Å². The van der Waals surface area contributed by atoms with E-state index in [1.54, 1.807) is 0 Å². The third-order valence-corrected chi connectivity index (χ3v) is 13.9. The number of para-hydroxylation sites is 2. The Balaban J connectivity index is 0.755. The molecule has 0 aliphatic heterocycles. The molecule has 1 heterocycles. The summed E-state index contributed by atoms with van der Waals surface area (Å²) in [5, 5.41) is 2.54. The highest BCUT2D eigenvalue weighted by Crippen LogP contribution is 2.62. The maximum Gasteiger partial charge on any atom is 0.0725 e. The Morgan fingerprint density at radius 3 is 1.30 bits per heavy atom. The van der Waals surface area contributed by atoms with Crippen molar-refractivity contribution in [3.05, 3.63) is 270 Å². The van der Waals surface area contributed by atoms with Crippen LogP contribution >= 0.6 is 0 Å². The van der Waals surface area contributed by atoms with Gasteiger partial charge in [0.05, 0.1) is 16.4 Å². The number of nitrogens with zero attached hydrogens (tertiary/aromatic N) is 1. The Morgan fingerprint density at radius 2 is 0.714 bits per heavy atom.